The molecule has 3 fully saturated rings. The van der Waals surface area contributed by atoms with Crippen molar-refractivity contribution < 1.29 is 0 Å². The van der Waals surface area contributed by atoms with Gasteiger partial charge in [-0.05, 0) is 50.0 Å². The topological polar surface area (TPSA) is 15.3 Å². The molecule has 100 valence electrons. The summed E-state index contributed by atoms with van der Waals surface area (Å²) in [7, 11) is 0. The predicted molar refractivity (Wildman–Crippen MR) is 74.8 cm³/mol. The molecule has 0 aromatic rings. The Hall–Kier alpha value is 0.210. The van der Waals surface area contributed by atoms with Gasteiger partial charge >= 0.3 is 0 Å². The maximum absolute atomic E-state index is 3.52. The third-order valence-corrected chi connectivity index (χ3v) is 5.35. The molecule has 2 heterocycles. The molecule has 17 heavy (non-hydrogen) atoms. The van der Waals surface area contributed by atoms with E-state index in [1.54, 1.807) is 0 Å². The minimum Gasteiger partial charge on any atom is -0.316 e. The van der Waals surface area contributed by atoms with Crippen molar-refractivity contribution in [3.8, 4) is 0 Å². The van der Waals surface area contributed by atoms with E-state index < -0.39 is 0 Å². The standard InChI is InChI=1S/C14H26N2.ClH/c1-12-8-14(4-3-5-14)11-16(12)10-13(2)6-7-15-9-13;/h12,15H,3-11H2,1-2H3;1H. The van der Waals surface area contributed by atoms with Gasteiger partial charge in [0.15, 0.2) is 0 Å². The zero-order chi connectivity index (χ0) is 11.2. The molecule has 3 aliphatic rings. The summed E-state index contributed by atoms with van der Waals surface area (Å²) < 4.78 is 0. The molecule has 0 bridgehead atoms. The van der Waals surface area contributed by atoms with Crippen LogP contribution in [0.2, 0.25) is 0 Å². The van der Waals surface area contributed by atoms with E-state index in [9.17, 15) is 0 Å². The number of halogens is 1. The summed E-state index contributed by atoms with van der Waals surface area (Å²) in [5, 5.41) is 3.52. The van der Waals surface area contributed by atoms with Crippen LogP contribution in [0.15, 0.2) is 0 Å². The average Bonchev–Trinajstić information content (AvgIpc) is 2.72. The SMILES string of the molecule is CC1CC2(CCC2)CN1CC1(C)CCNC1.Cl. The van der Waals surface area contributed by atoms with Crippen LogP contribution in [-0.2, 0) is 0 Å². The van der Waals surface area contributed by atoms with E-state index in [4.69, 9.17) is 0 Å². The Morgan fingerprint density at radius 3 is 2.53 bits per heavy atom. The first-order valence-electron chi connectivity index (χ1n) is 7.06. The summed E-state index contributed by atoms with van der Waals surface area (Å²) >= 11 is 0. The van der Waals surface area contributed by atoms with Crippen LogP contribution in [-0.4, -0.2) is 37.1 Å². The number of hydrogen-bond acceptors (Lipinski definition) is 2. The number of nitrogens with zero attached hydrogens (tertiary/aromatic N) is 1. The highest BCUT2D eigenvalue weighted by Crippen LogP contribution is 2.50. The van der Waals surface area contributed by atoms with Crippen LogP contribution in [0.3, 0.4) is 0 Å². The Morgan fingerprint density at radius 2 is 2.06 bits per heavy atom. The Kier molecular flexibility index (Phi) is 3.78. The Bertz CT molecular complexity index is 269. The van der Waals surface area contributed by atoms with Gasteiger partial charge in [0.1, 0.15) is 0 Å². The fourth-order valence-corrected chi connectivity index (χ4v) is 4.15. The van der Waals surface area contributed by atoms with Gasteiger partial charge < -0.3 is 5.32 Å². The van der Waals surface area contributed by atoms with Gasteiger partial charge in [-0.1, -0.05) is 13.3 Å². The molecule has 1 spiro atoms. The molecule has 2 unspecified atom stereocenters. The molecule has 2 saturated heterocycles. The molecule has 0 aromatic heterocycles. The molecule has 1 saturated carbocycles. The van der Waals surface area contributed by atoms with Gasteiger partial charge in [0.2, 0.25) is 0 Å². The zero-order valence-corrected chi connectivity index (χ0v) is 12.1. The Labute approximate surface area is 112 Å². The van der Waals surface area contributed by atoms with E-state index in [1.807, 2.05) is 0 Å². The minimum absolute atomic E-state index is 0. The fraction of sp³-hybridized carbons (Fsp3) is 1.00. The third kappa shape index (κ3) is 2.50. The molecular weight excluding hydrogens is 232 g/mol. The highest BCUT2D eigenvalue weighted by molar-refractivity contribution is 5.85. The summed E-state index contributed by atoms with van der Waals surface area (Å²) in [6.07, 6.45) is 7.32. The lowest BCUT2D eigenvalue weighted by molar-refractivity contribution is 0.119. The lowest BCUT2D eigenvalue weighted by Gasteiger charge is -2.39. The largest absolute Gasteiger partial charge is 0.316 e. The molecule has 2 nitrogen and oxygen atoms in total. The molecular formula is C14H27ClN2. The summed E-state index contributed by atoms with van der Waals surface area (Å²) in [5.74, 6) is 0. The smallest absolute Gasteiger partial charge is 0.00731 e. The van der Waals surface area contributed by atoms with Crippen molar-refractivity contribution >= 4 is 12.4 Å². The van der Waals surface area contributed by atoms with Crippen molar-refractivity contribution in [1.29, 1.82) is 0 Å². The predicted octanol–water partition coefficient (Wildman–Crippen LogP) is 2.67. The average molecular weight is 259 g/mol. The van der Waals surface area contributed by atoms with Crippen molar-refractivity contribution in [2.45, 2.75) is 52.0 Å². The van der Waals surface area contributed by atoms with Crippen LogP contribution in [0.4, 0.5) is 0 Å². The van der Waals surface area contributed by atoms with E-state index in [-0.39, 0.29) is 12.4 Å². The molecule has 3 rings (SSSR count). The molecule has 3 heteroatoms. The van der Waals surface area contributed by atoms with Gasteiger partial charge in [-0.2, -0.15) is 0 Å². The van der Waals surface area contributed by atoms with E-state index >= 15 is 0 Å². The van der Waals surface area contributed by atoms with Crippen molar-refractivity contribution in [3.63, 3.8) is 0 Å². The summed E-state index contributed by atoms with van der Waals surface area (Å²) in [6.45, 7) is 10.1. The first-order valence-corrected chi connectivity index (χ1v) is 7.06. The summed E-state index contributed by atoms with van der Waals surface area (Å²) in [5.41, 5.74) is 1.30. The molecule has 2 aliphatic heterocycles. The lowest BCUT2D eigenvalue weighted by atomic mass is 9.68. The summed E-state index contributed by atoms with van der Waals surface area (Å²) in [6, 6.07) is 0.831. The second-order valence-electron chi connectivity index (χ2n) is 7.05. The Morgan fingerprint density at radius 1 is 1.29 bits per heavy atom. The quantitative estimate of drug-likeness (QED) is 0.819. The molecule has 1 aliphatic carbocycles. The Balaban J connectivity index is 0.00000108. The van der Waals surface area contributed by atoms with Crippen LogP contribution in [0, 0.1) is 10.8 Å². The van der Waals surface area contributed by atoms with Crippen LogP contribution >= 0.6 is 12.4 Å². The van der Waals surface area contributed by atoms with Crippen LogP contribution in [0.5, 0.6) is 0 Å². The fourth-order valence-electron chi connectivity index (χ4n) is 4.15. The number of hydrogen-bond donors (Lipinski definition) is 1. The third-order valence-electron chi connectivity index (χ3n) is 5.35. The minimum atomic E-state index is 0. The highest BCUT2D eigenvalue weighted by atomic mass is 35.5. The molecule has 0 radical (unpaired) electrons. The molecule has 0 amide bonds. The number of nitrogens with one attached hydrogen (secondary N) is 1. The first kappa shape index (κ1) is 13.6. The summed E-state index contributed by atoms with van der Waals surface area (Å²) in [4.78, 5) is 2.78. The van der Waals surface area contributed by atoms with Crippen LogP contribution in [0.1, 0.15) is 46.0 Å². The van der Waals surface area contributed by atoms with Crippen LogP contribution in [0.25, 0.3) is 0 Å². The van der Waals surface area contributed by atoms with Crippen molar-refractivity contribution in [2.24, 2.45) is 10.8 Å². The molecule has 2 atom stereocenters. The molecule has 1 N–H and O–H groups in total. The van der Waals surface area contributed by atoms with Gasteiger partial charge in [-0.3, -0.25) is 4.90 Å². The maximum Gasteiger partial charge on any atom is 0.00731 e. The van der Waals surface area contributed by atoms with Crippen molar-refractivity contribution in [2.75, 3.05) is 26.2 Å². The van der Waals surface area contributed by atoms with Gasteiger partial charge in [0.25, 0.3) is 0 Å². The monoisotopic (exact) mass is 258 g/mol. The second-order valence-corrected chi connectivity index (χ2v) is 7.05. The van der Waals surface area contributed by atoms with E-state index in [2.05, 4.69) is 24.1 Å². The number of rotatable bonds is 2. The van der Waals surface area contributed by atoms with Gasteiger partial charge in [-0.25, -0.2) is 0 Å². The van der Waals surface area contributed by atoms with E-state index in [0.717, 1.165) is 11.5 Å². The van der Waals surface area contributed by atoms with Crippen molar-refractivity contribution in [1.82, 2.24) is 10.2 Å². The number of likely N-dealkylation sites (tertiary alicyclic amines) is 1. The second kappa shape index (κ2) is 4.71. The van der Waals surface area contributed by atoms with Gasteiger partial charge in [-0.15, -0.1) is 12.4 Å². The van der Waals surface area contributed by atoms with E-state index in [1.165, 1.54) is 58.3 Å². The normalized spacial score (nSPS) is 40.2. The first-order chi connectivity index (χ1) is 7.61. The highest BCUT2D eigenvalue weighted by Gasteiger charge is 2.47. The lowest BCUT2D eigenvalue weighted by Crippen LogP contribution is -2.41. The maximum atomic E-state index is 3.52. The van der Waals surface area contributed by atoms with Gasteiger partial charge in [0, 0.05) is 25.7 Å². The molecule has 0 aromatic carbocycles. The zero-order valence-electron chi connectivity index (χ0n) is 11.3. The van der Waals surface area contributed by atoms with Crippen molar-refractivity contribution in [3.05, 3.63) is 0 Å². The van der Waals surface area contributed by atoms with Crippen LogP contribution < -0.4 is 5.32 Å². The van der Waals surface area contributed by atoms with Gasteiger partial charge in [0.05, 0.1) is 0 Å². The van der Waals surface area contributed by atoms with E-state index in [0.29, 0.717) is 5.41 Å².